The van der Waals surface area contributed by atoms with Crippen molar-refractivity contribution in [1.29, 1.82) is 5.26 Å². The minimum atomic E-state index is 0.192. The summed E-state index contributed by atoms with van der Waals surface area (Å²) in [5.74, 6) is 1.14. The number of hydrogen-bond donors (Lipinski definition) is 0. The van der Waals surface area contributed by atoms with Crippen LogP contribution in [0, 0.1) is 23.2 Å². The zero-order valence-electron chi connectivity index (χ0n) is 12.5. The zero-order chi connectivity index (χ0) is 14.8. The Kier molecular flexibility index (Phi) is 3.80. The van der Waals surface area contributed by atoms with Crippen LogP contribution in [0.15, 0.2) is 54.6 Å². The Labute approximate surface area is 126 Å². The summed E-state index contributed by atoms with van der Waals surface area (Å²) in [4.78, 5) is 0. The molecular weight excluding hydrogens is 254 g/mol. The Balaban J connectivity index is 2.00. The summed E-state index contributed by atoms with van der Waals surface area (Å²) in [5, 5.41) is 11.8. The first kappa shape index (κ1) is 13.9. The third kappa shape index (κ3) is 2.72. The third-order valence-corrected chi connectivity index (χ3v) is 4.87. The van der Waals surface area contributed by atoms with Gasteiger partial charge in [-0.05, 0) is 54.4 Å². The lowest BCUT2D eigenvalue weighted by Crippen LogP contribution is -2.23. The number of nitrogens with zero attached hydrogens (tertiary/aromatic N) is 1. The van der Waals surface area contributed by atoms with Gasteiger partial charge in [-0.2, -0.15) is 5.26 Å². The van der Waals surface area contributed by atoms with Gasteiger partial charge in [0.1, 0.15) is 0 Å². The van der Waals surface area contributed by atoms with Crippen LogP contribution in [0.25, 0.3) is 10.8 Å². The maximum Gasteiger partial charge on any atom is 0.0656 e. The standard InChI is InChI=1S/C20H21N/c1-14(2)19-10-7-15(13-21)11-20(19)18-9-8-16-5-3-4-6-17(16)12-18/h3-6,8-9,12,15,19-20H,1,7,10-11H2,2H3/t15?,19-,20-/m0/s1. The van der Waals surface area contributed by atoms with Gasteiger partial charge in [0.2, 0.25) is 0 Å². The fourth-order valence-electron chi connectivity index (χ4n) is 3.68. The lowest BCUT2D eigenvalue weighted by molar-refractivity contribution is 0.303. The van der Waals surface area contributed by atoms with Gasteiger partial charge in [-0.1, -0.05) is 54.6 Å². The summed E-state index contributed by atoms with van der Waals surface area (Å²) in [7, 11) is 0. The van der Waals surface area contributed by atoms with Crippen molar-refractivity contribution in [2.24, 2.45) is 11.8 Å². The first-order valence-electron chi connectivity index (χ1n) is 7.72. The molecule has 21 heavy (non-hydrogen) atoms. The van der Waals surface area contributed by atoms with Crippen LogP contribution in [-0.2, 0) is 0 Å². The van der Waals surface area contributed by atoms with Crippen LogP contribution in [-0.4, -0.2) is 0 Å². The molecule has 1 aliphatic rings. The molecular formula is C20H21N. The van der Waals surface area contributed by atoms with Gasteiger partial charge in [0.05, 0.1) is 6.07 Å². The Bertz CT molecular complexity index is 707. The lowest BCUT2D eigenvalue weighted by Gasteiger charge is -2.34. The number of benzene rings is 2. The van der Waals surface area contributed by atoms with Crippen LogP contribution in [0.3, 0.4) is 0 Å². The summed E-state index contributed by atoms with van der Waals surface area (Å²) < 4.78 is 0. The molecule has 1 unspecified atom stereocenters. The minimum absolute atomic E-state index is 0.192. The molecule has 1 saturated carbocycles. The number of nitriles is 1. The Morgan fingerprint density at radius 1 is 1.14 bits per heavy atom. The summed E-state index contributed by atoms with van der Waals surface area (Å²) in [5.41, 5.74) is 2.62. The zero-order valence-corrected chi connectivity index (χ0v) is 12.5. The monoisotopic (exact) mass is 275 g/mol. The van der Waals surface area contributed by atoms with Gasteiger partial charge in [0.25, 0.3) is 0 Å². The molecule has 0 heterocycles. The highest BCUT2D eigenvalue weighted by Gasteiger charge is 2.32. The Hall–Kier alpha value is -2.07. The molecule has 2 aromatic carbocycles. The molecule has 106 valence electrons. The van der Waals surface area contributed by atoms with Crippen molar-refractivity contribution >= 4 is 10.8 Å². The van der Waals surface area contributed by atoms with Crippen LogP contribution in [0.4, 0.5) is 0 Å². The normalized spacial score (nSPS) is 25.4. The lowest BCUT2D eigenvalue weighted by atomic mass is 9.69. The summed E-state index contributed by atoms with van der Waals surface area (Å²) >= 11 is 0. The third-order valence-electron chi connectivity index (χ3n) is 4.87. The molecule has 0 amide bonds. The predicted molar refractivity (Wildman–Crippen MR) is 87.9 cm³/mol. The van der Waals surface area contributed by atoms with Crippen LogP contribution in [0.2, 0.25) is 0 Å². The Morgan fingerprint density at radius 3 is 2.62 bits per heavy atom. The molecule has 0 aromatic heterocycles. The van der Waals surface area contributed by atoms with E-state index in [1.165, 1.54) is 21.9 Å². The highest BCUT2D eigenvalue weighted by Crippen LogP contribution is 2.43. The Morgan fingerprint density at radius 2 is 1.90 bits per heavy atom. The molecule has 3 rings (SSSR count). The molecule has 0 saturated heterocycles. The van der Waals surface area contributed by atoms with E-state index in [4.69, 9.17) is 0 Å². The molecule has 1 nitrogen and oxygen atoms in total. The molecule has 2 aromatic rings. The topological polar surface area (TPSA) is 23.8 Å². The fourth-order valence-corrected chi connectivity index (χ4v) is 3.68. The molecule has 0 aliphatic heterocycles. The van der Waals surface area contributed by atoms with Crippen LogP contribution < -0.4 is 0 Å². The molecule has 1 fully saturated rings. The van der Waals surface area contributed by atoms with E-state index in [0.29, 0.717) is 11.8 Å². The van der Waals surface area contributed by atoms with Crippen molar-refractivity contribution in [3.63, 3.8) is 0 Å². The van der Waals surface area contributed by atoms with Crippen LogP contribution in [0.5, 0.6) is 0 Å². The number of allylic oxidation sites excluding steroid dienone is 1. The molecule has 0 bridgehead atoms. The summed E-state index contributed by atoms with van der Waals surface area (Å²) in [6.07, 6.45) is 3.07. The van der Waals surface area contributed by atoms with Gasteiger partial charge in [0.15, 0.2) is 0 Å². The second-order valence-corrected chi connectivity index (χ2v) is 6.31. The van der Waals surface area contributed by atoms with Crippen molar-refractivity contribution in [3.8, 4) is 6.07 Å². The van der Waals surface area contributed by atoms with Crippen molar-refractivity contribution in [2.75, 3.05) is 0 Å². The van der Waals surface area contributed by atoms with Gasteiger partial charge in [-0.25, -0.2) is 0 Å². The van der Waals surface area contributed by atoms with Gasteiger partial charge in [-0.3, -0.25) is 0 Å². The SMILES string of the molecule is C=C(C)[C@@H]1CCC(C#N)C[C@H]1c1ccc2ccccc2c1. The van der Waals surface area contributed by atoms with E-state index in [0.717, 1.165) is 19.3 Å². The molecule has 1 aliphatic carbocycles. The average molecular weight is 275 g/mol. The van der Waals surface area contributed by atoms with Gasteiger partial charge < -0.3 is 0 Å². The van der Waals surface area contributed by atoms with E-state index >= 15 is 0 Å². The van der Waals surface area contributed by atoms with Gasteiger partial charge >= 0.3 is 0 Å². The smallest absolute Gasteiger partial charge is 0.0656 e. The molecule has 1 heteroatoms. The fraction of sp³-hybridized carbons (Fsp3) is 0.350. The van der Waals surface area contributed by atoms with Crippen LogP contribution >= 0.6 is 0 Å². The maximum atomic E-state index is 9.28. The largest absolute Gasteiger partial charge is 0.198 e. The van der Waals surface area contributed by atoms with E-state index in [2.05, 4.69) is 62.0 Å². The number of rotatable bonds is 2. The quantitative estimate of drug-likeness (QED) is 0.669. The van der Waals surface area contributed by atoms with Crippen molar-refractivity contribution in [2.45, 2.75) is 32.1 Å². The second-order valence-electron chi connectivity index (χ2n) is 6.31. The van der Waals surface area contributed by atoms with E-state index in [1.807, 2.05) is 0 Å². The first-order valence-corrected chi connectivity index (χ1v) is 7.72. The maximum absolute atomic E-state index is 9.28. The summed E-state index contributed by atoms with van der Waals surface area (Å²) in [6, 6.07) is 17.7. The highest BCUT2D eigenvalue weighted by molar-refractivity contribution is 5.83. The van der Waals surface area contributed by atoms with E-state index in [-0.39, 0.29) is 5.92 Å². The van der Waals surface area contributed by atoms with Gasteiger partial charge in [-0.15, -0.1) is 0 Å². The van der Waals surface area contributed by atoms with E-state index in [1.54, 1.807) is 0 Å². The van der Waals surface area contributed by atoms with Crippen LogP contribution in [0.1, 0.15) is 37.7 Å². The number of fused-ring (bicyclic) bond motifs is 1. The predicted octanol–water partition coefficient (Wildman–Crippen LogP) is 5.44. The minimum Gasteiger partial charge on any atom is -0.198 e. The molecule has 0 N–H and O–H groups in total. The average Bonchev–Trinajstić information content (AvgIpc) is 2.53. The molecule has 0 radical (unpaired) electrons. The second kappa shape index (κ2) is 5.74. The van der Waals surface area contributed by atoms with E-state index < -0.39 is 0 Å². The molecule has 3 atom stereocenters. The first-order chi connectivity index (χ1) is 10.2. The van der Waals surface area contributed by atoms with Gasteiger partial charge in [0, 0.05) is 5.92 Å². The number of hydrogen-bond acceptors (Lipinski definition) is 1. The van der Waals surface area contributed by atoms with Crippen molar-refractivity contribution in [3.05, 3.63) is 60.2 Å². The molecule has 0 spiro atoms. The highest BCUT2D eigenvalue weighted by atomic mass is 14.4. The summed E-state index contributed by atoms with van der Waals surface area (Å²) in [6.45, 7) is 6.32. The van der Waals surface area contributed by atoms with E-state index in [9.17, 15) is 5.26 Å². The van der Waals surface area contributed by atoms with Crippen molar-refractivity contribution in [1.82, 2.24) is 0 Å². The van der Waals surface area contributed by atoms with Crippen molar-refractivity contribution < 1.29 is 0 Å².